The maximum absolute atomic E-state index is 3.02. The lowest BCUT2D eigenvalue weighted by molar-refractivity contribution is -0.395. The summed E-state index contributed by atoms with van der Waals surface area (Å²) in [6.45, 7) is 2.60. The van der Waals surface area contributed by atoms with E-state index in [1.54, 1.807) is 76.9 Å². The Kier molecular flexibility index (Phi) is 5.01. The third-order valence-corrected chi connectivity index (χ3v) is 30.6. The van der Waals surface area contributed by atoms with Crippen molar-refractivity contribution < 1.29 is 0 Å². The van der Waals surface area contributed by atoms with Gasteiger partial charge in [-0.25, -0.2) is 0 Å². The Morgan fingerprint density at radius 3 is 1.77 bits per heavy atom. The van der Waals surface area contributed by atoms with Crippen LogP contribution in [0.15, 0.2) is 72.8 Å². The van der Waals surface area contributed by atoms with Crippen LogP contribution < -0.4 is 10.9 Å². The molecule has 3 spiro atoms. The number of nitrogens with zero attached hydrogens (tertiary/aromatic N) is 2. The fourth-order valence-electron chi connectivity index (χ4n) is 28.7. The third-order valence-electron chi connectivity index (χ3n) is 30.6. The molecule has 16 aliphatic carbocycles. The summed E-state index contributed by atoms with van der Waals surface area (Å²) in [5.41, 5.74) is 26.1. The molecule has 0 radical (unpaired) electrons. The molecule has 2 aliphatic heterocycles. The molecule has 10 atom stereocenters. The van der Waals surface area contributed by atoms with Crippen molar-refractivity contribution >= 4 is 61.4 Å². The highest BCUT2D eigenvalue weighted by atomic mass is 15.0. The van der Waals surface area contributed by atoms with E-state index in [-0.39, 0.29) is 6.85 Å². The van der Waals surface area contributed by atoms with Crippen LogP contribution >= 0.6 is 0 Å². The molecule has 0 N–H and O–H groups in total. The molecule has 348 valence electrons. The molecule has 18 aliphatic rings. The lowest BCUT2D eigenvalue weighted by atomic mass is 9.12. The number of hydrogen-bond donors (Lipinski definition) is 0. The zero-order chi connectivity index (χ0) is 44.8. The van der Waals surface area contributed by atoms with E-state index in [0.717, 1.165) is 71.0 Å². The van der Waals surface area contributed by atoms with Crippen molar-refractivity contribution in [1.29, 1.82) is 0 Å². The predicted molar refractivity (Wildman–Crippen MR) is 283 cm³/mol. The lowest BCUT2D eigenvalue weighted by Gasteiger charge is -2.91. The first-order chi connectivity index (χ1) is 34.8. The van der Waals surface area contributed by atoms with Crippen LogP contribution in [0.25, 0.3) is 60.4 Å². The molecule has 16 fully saturated rings. The van der Waals surface area contributed by atoms with Crippen molar-refractivity contribution in [2.24, 2.45) is 87.3 Å². The SMILES string of the molecule is Cc1cc2c3c(c1)-n1c4ccc(C56CC7CC8CC(C5)C876)cc4c4cc(C56CC7CC8CC(C5)C87C6)cc(c41)B3n1c3ccc(C45CC6CC4CCC65)cc3c3cc(C45CC6CC7CC(C4)C76C5)cc-2c31. The highest BCUT2D eigenvalue weighted by molar-refractivity contribution is 6.90. The van der Waals surface area contributed by atoms with Gasteiger partial charge in [0.25, 0.3) is 0 Å². The molecule has 2 aromatic heterocycles. The Bertz CT molecular complexity index is 3920. The predicted octanol–water partition coefficient (Wildman–Crippen LogP) is 13.7. The van der Waals surface area contributed by atoms with Crippen LogP contribution in [-0.2, 0) is 21.7 Å². The van der Waals surface area contributed by atoms with Gasteiger partial charge in [-0.1, -0.05) is 24.3 Å². The van der Waals surface area contributed by atoms with E-state index in [1.807, 2.05) is 0 Å². The van der Waals surface area contributed by atoms with Gasteiger partial charge in [-0.05, 0) is 313 Å². The average Bonchev–Trinajstić information content (AvgIpc) is 4.32. The Morgan fingerprint density at radius 2 is 1.13 bits per heavy atom. The van der Waals surface area contributed by atoms with Gasteiger partial charge in [0, 0.05) is 54.7 Å². The van der Waals surface area contributed by atoms with E-state index in [2.05, 4.69) is 88.8 Å². The van der Waals surface area contributed by atoms with Crippen molar-refractivity contribution in [3.8, 4) is 16.8 Å². The van der Waals surface area contributed by atoms with Gasteiger partial charge in [-0.2, -0.15) is 0 Å². The first kappa shape index (κ1) is 35.8. The Morgan fingerprint density at radius 1 is 0.493 bits per heavy atom. The summed E-state index contributed by atoms with van der Waals surface area (Å²) in [4.78, 5) is 0. The van der Waals surface area contributed by atoms with E-state index >= 15 is 0 Å². The maximum Gasteiger partial charge on any atom is 0.333 e. The van der Waals surface area contributed by atoms with Crippen molar-refractivity contribution in [3.63, 3.8) is 0 Å². The molecule has 10 unspecified atom stereocenters. The van der Waals surface area contributed by atoms with Gasteiger partial charge in [0.2, 0.25) is 0 Å². The highest BCUT2D eigenvalue weighted by Crippen LogP contribution is 2.93. The maximum atomic E-state index is 3.02. The monoisotopic (exact) mass is 919 g/mol. The minimum Gasteiger partial charge on any atom is -0.375 e. The molecule has 25 rings (SSSR count). The normalized spacial score (nSPS) is 50.2. The molecule has 16 saturated carbocycles. The van der Waals surface area contributed by atoms with Crippen molar-refractivity contribution in [3.05, 3.63) is 101 Å². The second-order valence-electron chi connectivity index (χ2n) is 30.9. The summed E-state index contributed by atoms with van der Waals surface area (Å²) in [5, 5.41) is 6.38. The minimum atomic E-state index is 0.168. The van der Waals surface area contributed by atoms with Crippen LogP contribution in [0.4, 0.5) is 0 Å². The van der Waals surface area contributed by atoms with E-state index in [1.165, 1.54) is 138 Å². The standard InChI is InChI=1S/C68H63BN2/c1-32-8-50-53-20-37(62-24-42-11-39-12-43(25-62)66(39,42)30-62)19-51-49-18-36(65-23-33-10-35(65)2-5-54(33)65)4-7-57(49)71(60(51)53)69-55-22-38(63-26-44-13-40-14-45(27-63)67(40,44)31-63)21-52-48-17-34(64-28-46-15-41-16-47(29-64)68(41,46)64)3-6-56(48)70(61(52)55)58(9-32)59(50)69/h3-4,6-9,17-22,33,35,39-47,54H,2,5,10-16,23-31H2,1H3. The summed E-state index contributed by atoms with van der Waals surface area (Å²) < 4.78 is 5.89. The summed E-state index contributed by atoms with van der Waals surface area (Å²) in [6.07, 6.45) is 26.8. The van der Waals surface area contributed by atoms with Gasteiger partial charge < -0.3 is 9.05 Å². The summed E-state index contributed by atoms with van der Waals surface area (Å²) in [6, 6.07) is 33.3. The number of fused-ring (bicyclic) bond motifs is 12. The molecular formula is C68H63BN2. The molecule has 5 aromatic carbocycles. The number of benzene rings is 5. The summed E-state index contributed by atoms with van der Waals surface area (Å²) in [5.74, 6) is 12.0. The van der Waals surface area contributed by atoms with Crippen LogP contribution in [0.1, 0.15) is 143 Å². The van der Waals surface area contributed by atoms with E-state index in [9.17, 15) is 0 Å². The van der Waals surface area contributed by atoms with Gasteiger partial charge in [-0.15, -0.1) is 0 Å². The van der Waals surface area contributed by atoms with E-state index in [0.29, 0.717) is 37.9 Å². The molecule has 8 bridgehead atoms. The minimum absolute atomic E-state index is 0.168. The molecule has 0 amide bonds. The Hall–Kier alpha value is -4.24. The fraction of sp³-hybridized carbons (Fsp3) is 0.559. The Labute approximate surface area is 417 Å². The first-order valence-electron chi connectivity index (χ1n) is 30.2. The first-order valence-corrected chi connectivity index (χ1v) is 30.2. The largest absolute Gasteiger partial charge is 0.375 e. The van der Waals surface area contributed by atoms with Crippen LogP contribution in [0.5, 0.6) is 0 Å². The zero-order valence-corrected chi connectivity index (χ0v) is 41.6. The molecule has 7 aromatic rings. The molecule has 3 heteroatoms. The number of aryl methyl sites for hydroxylation is 1. The smallest absolute Gasteiger partial charge is 0.333 e. The van der Waals surface area contributed by atoms with Crippen molar-refractivity contribution in [1.82, 2.24) is 9.05 Å². The number of hydrogen-bond acceptors (Lipinski definition) is 0. The average molecular weight is 919 g/mol. The van der Waals surface area contributed by atoms with Gasteiger partial charge in [-0.3, -0.25) is 0 Å². The van der Waals surface area contributed by atoms with Crippen LogP contribution in [0.2, 0.25) is 0 Å². The van der Waals surface area contributed by atoms with Crippen molar-refractivity contribution in [2.75, 3.05) is 0 Å². The van der Waals surface area contributed by atoms with Crippen LogP contribution in [0, 0.1) is 94.2 Å². The molecule has 4 heterocycles. The lowest BCUT2D eigenvalue weighted by Crippen LogP contribution is -2.87. The zero-order valence-electron chi connectivity index (χ0n) is 41.6. The number of aromatic nitrogens is 2. The van der Waals surface area contributed by atoms with Crippen LogP contribution in [-0.4, -0.2) is 15.9 Å². The topological polar surface area (TPSA) is 9.86 Å². The van der Waals surface area contributed by atoms with Crippen LogP contribution in [0.3, 0.4) is 0 Å². The summed E-state index contributed by atoms with van der Waals surface area (Å²) >= 11 is 0. The quantitative estimate of drug-likeness (QED) is 0.156. The van der Waals surface area contributed by atoms with Gasteiger partial charge in [0.15, 0.2) is 0 Å². The molecule has 2 nitrogen and oxygen atoms in total. The third kappa shape index (κ3) is 3.04. The van der Waals surface area contributed by atoms with Gasteiger partial charge in [0.1, 0.15) is 0 Å². The molecule has 0 saturated heterocycles. The van der Waals surface area contributed by atoms with E-state index < -0.39 is 0 Å². The molecule has 71 heavy (non-hydrogen) atoms. The summed E-state index contributed by atoms with van der Waals surface area (Å²) in [7, 11) is 0. The number of rotatable bonds is 4. The molecular weight excluding hydrogens is 856 g/mol. The van der Waals surface area contributed by atoms with Gasteiger partial charge in [0.05, 0.1) is 11.0 Å². The second kappa shape index (κ2) is 9.92. The highest BCUT2D eigenvalue weighted by Gasteiger charge is 2.88. The van der Waals surface area contributed by atoms with Crippen molar-refractivity contribution in [2.45, 2.75) is 144 Å². The Balaban J connectivity index is 0.811. The van der Waals surface area contributed by atoms with Gasteiger partial charge >= 0.3 is 6.85 Å². The fourth-order valence-corrected chi connectivity index (χ4v) is 28.7. The second-order valence-corrected chi connectivity index (χ2v) is 30.9. The van der Waals surface area contributed by atoms with E-state index in [4.69, 9.17) is 0 Å².